The molecule has 0 aliphatic carbocycles. The number of likely N-dealkylation sites (tertiary alicyclic amines) is 1. The molecule has 2 amide bonds. The van der Waals surface area contributed by atoms with Crippen LogP contribution in [0.5, 0.6) is 0 Å². The molecule has 148 valence electrons. The van der Waals surface area contributed by atoms with Crippen molar-refractivity contribution in [3.05, 3.63) is 46.2 Å². The molecule has 1 spiro atoms. The van der Waals surface area contributed by atoms with Crippen LogP contribution in [0.1, 0.15) is 33.9 Å². The Bertz CT molecular complexity index is 860. The summed E-state index contributed by atoms with van der Waals surface area (Å²) in [6.07, 6.45) is 4.57. The highest BCUT2D eigenvalue weighted by Crippen LogP contribution is 2.34. The average Bonchev–Trinajstić information content (AvgIpc) is 3.14. The van der Waals surface area contributed by atoms with Gasteiger partial charge in [0.15, 0.2) is 0 Å². The molecule has 2 aliphatic rings. The SMILES string of the molecule is Cc1nc(CN2CCN(C)C3(CCN(C(=O)c4cccnc4)CC3)C2=O)cs1. The number of likely N-dealkylation sites (N-methyl/N-ethyl adjacent to an activating group) is 1. The zero-order valence-corrected chi connectivity index (χ0v) is 17.1. The first kappa shape index (κ1) is 19.0. The molecule has 2 saturated heterocycles. The molecule has 28 heavy (non-hydrogen) atoms. The van der Waals surface area contributed by atoms with Gasteiger partial charge in [-0.2, -0.15) is 0 Å². The van der Waals surface area contributed by atoms with Crippen LogP contribution in [0.15, 0.2) is 29.9 Å². The van der Waals surface area contributed by atoms with E-state index < -0.39 is 5.54 Å². The topological polar surface area (TPSA) is 69.6 Å². The first-order valence-electron chi connectivity index (χ1n) is 9.60. The predicted molar refractivity (Wildman–Crippen MR) is 107 cm³/mol. The van der Waals surface area contributed by atoms with Gasteiger partial charge in [0.2, 0.25) is 5.91 Å². The molecule has 0 saturated carbocycles. The van der Waals surface area contributed by atoms with E-state index in [-0.39, 0.29) is 11.8 Å². The van der Waals surface area contributed by atoms with Crippen molar-refractivity contribution >= 4 is 23.2 Å². The van der Waals surface area contributed by atoms with Crippen LogP contribution < -0.4 is 0 Å². The Labute approximate surface area is 169 Å². The van der Waals surface area contributed by atoms with E-state index in [1.807, 2.05) is 29.2 Å². The molecular formula is C20H25N5O2S. The lowest BCUT2D eigenvalue weighted by Gasteiger charge is -2.51. The number of aryl methyl sites for hydroxylation is 1. The molecule has 4 rings (SSSR count). The van der Waals surface area contributed by atoms with E-state index in [2.05, 4.69) is 14.9 Å². The molecule has 0 radical (unpaired) electrons. The van der Waals surface area contributed by atoms with Gasteiger partial charge in [-0.25, -0.2) is 4.98 Å². The van der Waals surface area contributed by atoms with Gasteiger partial charge in [-0.05, 0) is 38.9 Å². The van der Waals surface area contributed by atoms with E-state index in [0.717, 1.165) is 17.2 Å². The number of pyridine rings is 1. The normalized spacial score (nSPS) is 20.0. The van der Waals surface area contributed by atoms with E-state index in [4.69, 9.17) is 0 Å². The van der Waals surface area contributed by atoms with Gasteiger partial charge in [-0.3, -0.25) is 19.5 Å². The summed E-state index contributed by atoms with van der Waals surface area (Å²) in [4.78, 5) is 40.6. The Hall–Kier alpha value is -2.32. The van der Waals surface area contributed by atoms with Gasteiger partial charge < -0.3 is 9.80 Å². The fraction of sp³-hybridized carbons (Fsp3) is 0.500. The summed E-state index contributed by atoms with van der Waals surface area (Å²) in [6.45, 7) is 5.26. The average molecular weight is 400 g/mol. The van der Waals surface area contributed by atoms with Crippen molar-refractivity contribution in [3.8, 4) is 0 Å². The van der Waals surface area contributed by atoms with E-state index in [1.165, 1.54) is 0 Å². The van der Waals surface area contributed by atoms with Crippen LogP contribution in [0.25, 0.3) is 0 Å². The fourth-order valence-electron chi connectivity index (χ4n) is 4.22. The first-order valence-corrected chi connectivity index (χ1v) is 10.5. The second-order valence-electron chi connectivity index (χ2n) is 7.57. The predicted octanol–water partition coefficient (Wildman–Crippen LogP) is 1.80. The van der Waals surface area contributed by atoms with Crippen molar-refractivity contribution < 1.29 is 9.59 Å². The zero-order valence-electron chi connectivity index (χ0n) is 16.3. The third-order valence-electron chi connectivity index (χ3n) is 5.93. The lowest BCUT2D eigenvalue weighted by molar-refractivity contribution is -0.154. The number of aromatic nitrogens is 2. The number of rotatable bonds is 3. The highest BCUT2D eigenvalue weighted by Gasteiger charge is 2.49. The van der Waals surface area contributed by atoms with E-state index >= 15 is 0 Å². The summed E-state index contributed by atoms with van der Waals surface area (Å²) in [7, 11) is 2.03. The van der Waals surface area contributed by atoms with Crippen molar-refractivity contribution in [1.82, 2.24) is 24.7 Å². The highest BCUT2D eigenvalue weighted by molar-refractivity contribution is 7.09. The Kier molecular flexibility index (Phi) is 5.16. The summed E-state index contributed by atoms with van der Waals surface area (Å²) >= 11 is 1.61. The number of hydrogen-bond acceptors (Lipinski definition) is 6. The molecule has 0 atom stereocenters. The van der Waals surface area contributed by atoms with Crippen LogP contribution in [0.4, 0.5) is 0 Å². The number of amides is 2. The molecule has 7 nitrogen and oxygen atoms in total. The van der Waals surface area contributed by atoms with Crippen molar-refractivity contribution in [2.75, 3.05) is 33.2 Å². The van der Waals surface area contributed by atoms with Gasteiger partial charge in [0.25, 0.3) is 5.91 Å². The van der Waals surface area contributed by atoms with Crippen LogP contribution in [0.3, 0.4) is 0 Å². The van der Waals surface area contributed by atoms with Gasteiger partial charge in [-0.15, -0.1) is 11.3 Å². The lowest BCUT2D eigenvalue weighted by Crippen LogP contribution is -2.67. The molecule has 2 aliphatic heterocycles. The van der Waals surface area contributed by atoms with Crippen molar-refractivity contribution in [2.45, 2.75) is 31.8 Å². The number of carbonyl (C=O) groups is 2. The second kappa shape index (κ2) is 7.60. The highest BCUT2D eigenvalue weighted by atomic mass is 32.1. The van der Waals surface area contributed by atoms with Gasteiger partial charge in [-0.1, -0.05) is 0 Å². The third kappa shape index (κ3) is 3.42. The first-order chi connectivity index (χ1) is 13.5. The summed E-state index contributed by atoms with van der Waals surface area (Å²) in [5, 5.41) is 3.05. The molecule has 4 heterocycles. The van der Waals surface area contributed by atoms with Crippen LogP contribution in [0.2, 0.25) is 0 Å². The zero-order chi connectivity index (χ0) is 19.7. The van der Waals surface area contributed by atoms with Gasteiger partial charge in [0, 0.05) is 44.0 Å². The Balaban J connectivity index is 1.46. The maximum atomic E-state index is 13.4. The number of piperazine rings is 1. The molecular weight excluding hydrogens is 374 g/mol. The standard InChI is InChI=1S/C20H25N5O2S/c1-15-22-17(14-28-15)13-25-11-10-23(2)20(19(25)27)5-8-24(9-6-20)18(26)16-4-3-7-21-12-16/h3-4,7,12,14H,5-6,8-11,13H2,1-2H3. The number of nitrogens with zero attached hydrogens (tertiary/aromatic N) is 5. The maximum Gasteiger partial charge on any atom is 0.255 e. The minimum atomic E-state index is -0.519. The van der Waals surface area contributed by atoms with E-state index in [0.29, 0.717) is 44.6 Å². The smallest absolute Gasteiger partial charge is 0.255 e. The molecule has 2 fully saturated rings. The molecule has 0 bridgehead atoms. The van der Waals surface area contributed by atoms with Gasteiger partial charge in [0.1, 0.15) is 5.54 Å². The van der Waals surface area contributed by atoms with Crippen molar-refractivity contribution in [2.24, 2.45) is 0 Å². The minimum Gasteiger partial charge on any atom is -0.338 e. The monoisotopic (exact) mass is 399 g/mol. The summed E-state index contributed by atoms with van der Waals surface area (Å²) in [6, 6.07) is 3.56. The Morgan fingerprint density at radius 3 is 2.68 bits per heavy atom. The molecule has 0 aromatic carbocycles. The van der Waals surface area contributed by atoms with Crippen LogP contribution in [-0.4, -0.2) is 75.2 Å². The number of carbonyl (C=O) groups excluding carboxylic acids is 2. The van der Waals surface area contributed by atoms with E-state index in [9.17, 15) is 9.59 Å². The quantitative estimate of drug-likeness (QED) is 0.787. The largest absolute Gasteiger partial charge is 0.338 e. The van der Waals surface area contributed by atoms with Crippen molar-refractivity contribution in [3.63, 3.8) is 0 Å². The number of thiazole rings is 1. The molecule has 0 unspecified atom stereocenters. The molecule has 2 aromatic heterocycles. The van der Waals surface area contributed by atoms with Crippen LogP contribution in [-0.2, 0) is 11.3 Å². The van der Waals surface area contributed by atoms with Crippen molar-refractivity contribution in [1.29, 1.82) is 0 Å². The minimum absolute atomic E-state index is 0.0105. The fourth-order valence-corrected chi connectivity index (χ4v) is 4.82. The number of piperidine rings is 1. The van der Waals surface area contributed by atoms with Gasteiger partial charge >= 0.3 is 0 Å². The maximum absolute atomic E-state index is 13.4. The summed E-state index contributed by atoms with van der Waals surface area (Å²) in [5.41, 5.74) is 1.04. The third-order valence-corrected chi connectivity index (χ3v) is 6.75. The number of hydrogen-bond donors (Lipinski definition) is 0. The molecule has 0 N–H and O–H groups in total. The summed E-state index contributed by atoms with van der Waals surface area (Å²) in [5.74, 6) is 0.157. The van der Waals surface area contributed by atoms with E-state index in [1.54, 1.807) is 35.9 Å². The lowest BCUT2D eigenvalue weighted by atomic mass is 9.82. The second-order valence-corrected chi connectivity index (χ2v) is 8.63. The molecule has 8 heteroatoms. The van der Waals surface area contributed by atoms with Crippen LogP contribution in [0, 0.1) is 6.92 Å². The summed E-state index contributed by atoms with van der Waals surface area (Å²) < 4.78 is 0. The molecule has 2 aromatic rings. The Morgan fingerprint density at radius 1 is 1.25 bits per heavy atom. The Morgan fingerprint density at radius 2 is 2.04 bits per heavy atom. The van der Waals surface area contributed by atoms with Gasteiger partial charge in [0.05, 0.1) is 22.8 Å². The van der Waals surface area contributed by atoms with Crippen LogP contribution >= 0.6 is 11.3 Å².